The third kappa shape index (κ3) is 1.71. The van der Waals surface area contributed by atoms with Crippen molar-refractivity contribution in [3.63, 3.8) is 0 Å². The van der Waals surface area contributed by atoms with Crippen molar-refractivity contribution in [3.05, 3.63) is 28.0 Å². The highest BCUT2D eigenvalue weighted by atomic mass is 32.1. The lowest BCUT2D eigenvalue weighted by Crippen LogP contribution is -2.47. The normalized spacial score (nSPS) is 22.6. The summed E-state index contributed by atoms with van der Waals surface area (Å²) in [5.41, 5.74) is 7.79. The number of nitrogens with two attached hydrogens (primary N) is 1. The predicted octanol–water partition coefficient (Wildman–Crippen LogP) is 2.29. The number of hydrogen-bond acceptors (Lipinski definition) is 3. The highest BCUT2D eigenvalue weighted by molar-refractivity contribution is 7.11. The second kappa shape index (κ2) is 4.52. The van der Waals surface area contributed by atoms with E-state index in [-0.39, 0.29) is 11.4 Å². The first kappa shape index (κ1) is 11.9. The van der Waals surface area contributed by atoms with Crippen LogP contribution in [0, 0.1) is 0 Å². The number of nitrogens with one attached hydrogen (secondary N) is 1. The van der Waals surface area contributed by atoms with Gasteiger partial charge in [0.15, 0.2) is 0 Å². The first-order valence-corrected chi connectivity index (χ1v) is 7.45. The summed E-state index contributed by atoms with van der Waals surface area (Å²) < 4.78 is 0. The molecule has 1 fully saturated rings. The van der Waals surface area contributed by atoms with Gasteiger partial charge in [0.2, 0.25) is 0 Å². The molecule has 0 bridgehead atoms. The van der Waals surface area contributed by atoms with Gasteiger partial charge in [-0.05, 0) is 29.9 Å². The van der Waals surface area contributed by atoms with E-state index in [9.17, 15) is 4.79 Å². The van der Waals surface area contributed by atoms with E-state index < -0.39 is 0 Å². The summed E-state index contributed by atoms with van der Waals surface area (Å²) in [5, 5.41) is 5.23. The molecule has 1 saturated carbocycles. The van der Waals surface area contributed by atoms with Crippen LogP contribution in [0.25, 0.3) is 5.57 Å². The van der Waals surface area contributed by atoms with Crippen molar-refractivity contribution in [1.82, 2.24) is 5.32 Å². The number of carbonyl (C=O) groups is 1. The van der Waals surface area contributed by atoms with Crippen molar-refractivity contribution in [1.29, 1.82) is 0 Å². The van der Waals surface area contributed by atoms with Gasteiger partial charge in [-0.3, -0.25) is 4.79 Å². The Labute approximate surface area is 111 Å². The highest BCUT2D eigenvalue weighted by Crippen LogP contribution is 2.42. The molecule has 1 aromatic rings. The number of amides is 1. The Morgan fingerprint density at radius 3 is 2.72 bits per heavy atom. The average Bonchev–Trinajstić information content (AvgIpc) is 2.96. The van der Waals surface area contributed by atoms with E-state index >= 15 is 0 Å². The third-order valence-electron chi connectivity index (χ3n) is 4.14. The van der Waals surface area contributed by atoms with E-state index in [1.54, 1.807) is 11.3 Å². The number of hydrogen-bond donors (Lipinski definition) is 2. The average molecular weight is 262 g/mol. The zero-order chi connectivity index (χ0) is 12.6. The maximum Gasteiger partial charge on any atom is 0.253 e. The molecule has 4 heteroatoms. The molecule has 2 aliphatic rings. The van der Waals surface area contributed by atoms with Crippen LogP contribution in [0.15, 0.2) is 23.1 Å². The molecule has 0 unspecified atom stereocenters. The molecule has 18 heavy (non-hydrogen) atoms. The van der Waals surface area contributed by atoms with Gasteiger partial charge in [-0.15, -0.1) is 11.3 Å². The quantitative estimate of drug-likeness (QED) is 0.859. The zero-order valence-corrected chi connectivity index (χ0v) is 11.2. The summed E-state index contributed by atoms with van der Waals surface area (Å²) in [5.74, 6) is 0.0693. The van der Waals surface area contributed by atoms with Crippen LogP contribution in [0.3, 0.4) is 0 Å². The fraction of sp³-hybridized carbons (Fsp3) is 0.500. The van der Waals surface area contributed by atoms with Crippen molar-refractivity contribution >= 4 is 22.8 Å². The lowest BCUT2D eigenvalue weighted by Gasteiger charge is -2.35. The first-order valence-electron chi connectivity index (χ1n) is 6.57. The lowest BCUT2D eigenvalue weighted by molar-refractivity contribution is -0.116. The summed E-state index contributed by atoms with van der Waals surface area (Å²) >= 11 is 1.62. The van der Waals surface area contributed by atoms with Crippen LogP contribution >= 0.6 is 11.3 Å². The predicted molar refractivity (Wildman–Crippen MR) is 74.3 cm³/mol. The monoisotopic (exact) mass is 262 g/mol. The molecule has 1 aliphatic carbocycles. The van der Waals surface area contributed by atoms with Gasteiger partial charge in [0.1, 0.15) is 0 Å². The van der Waals surface area contributed by atoms with Crippen LogP contribution in [0.1, 0.15) is 37.0 Å². The topological polar surface area (TPSA) is 55.1 Å². The Kier molecular flexibility index (Phi) is 2.99. The van der Waals surface area contributed by atoms with Crippen LogP contribution in [0.5, 0.6) is 0 Å². The van der Waals surface area contributed by atoms with E-state index in [1.807, 2.05) is 17.5 Å². The molecule has 0 atom stereocenters. The molecule has 3 N–H and O–H groups in total. The molecule has 1 aliphatic heterocycles. The SMILES string of the molecule is NCC1=C(c2cccs2)C(=O)NC12CCCCC2. The molecule has 0 saturated heterocycles. The summed E-state index contributed by atoms with van der Waals surface area (Å²) in [4.78, 5) is 13.3. The van der Waals surface area contributed by atoms with Crippen LogP contribution in [0.4, 0.5) is 0 Å². The van der Waals surface area contributed by atoms with Crippen LogP contribution in [-0.2, 0) is 4.79 Å². The minimum absolute atomic E-state index is 0.0693. The molecular formula is C14H18N2OS. The molecular weight excluding hydrogens is 244 g/mol. The minimum Gasteiger partial charge on any atom is -0.343 e. The van der Waals surface area contributed by atoms with Gasteiger partial charge in [-0.2, -0.15) is 0 Å². The fourth-order valence-corrected chi connectivity index (χ4v) is 4.09. The Balaban J connectivity index is 2.08. The Morgan fingerprint density at radius 1 is 1.33 bits per heavy atom. The molecule has 1 spiro atoms. The van der Waals surface area contributed by atoms with Gasteiger partial charge in [-0.1, -0.05) is 25.3 Å². The van der Waals surface area contributed by atoms with Crippen molar-refractivity contribution in [2.45, 2.75) is 37.6 Å². The van der Waals surface area contributed by atoms with Gasteiger partial charge in [-0.25, -0.2) is 0 Å². The smallest absolute Gasteiger partial charge is 0.253 e. The molecule has 0 aromatic carbocycles. The Bertz CT molecular complexity index is 484. The maximum absolute atomic E-state index is 12.3. The zero-order valence-electron chi connectivity index (χ0n) is 10.4. The molecule has 0 radical (unpaired) electrons. The standard InChI is InChI=1S/C14H18N2OS/c15-9-10-12(11-5-4-8-18-11)13(17)16-14(10)6-2-1-3-7-14/h4-5,8H,1-3,6-7,9,15H2,(H,16,17). The summed E-state index contributed by atoms with van der Waals surface area (Å²) in [6, 6.07) is 4.00. The van der Waals surface area contributed by atoms with Crippen LogP contribution < -0.4 is 11.1 Å². The fourth-order valence-electron chi connectivity index (χ4n) is 3.29. The van der Waals surface area contributed by atoms with Crippen LogP contribution in [-0.4, -0.2) is 18.0 Å². The van der Waals surface area contributed by atoms with Gasteiger partial charge < -0.3 is 11.1 Å². The highest BCUT2D eigenvalue weighted by Gasteiger charge is 2.45. The molecule has 3 rings (SSSR count). The number of rotatable bonds is 2. The summed E-state index contributed by atoms with van der Waals surface area (Å²) in [7, 11) is 0. The summed E-state index contributed by atoms with van der Waals surface area (Å²) in [6.07, 6.45) is 5.72. The Morgan fingerprint density at radius 2 is 2.11 bits per heavy atom. The van der Waals surface area contributed by atoms with E-state index in [2.05, 4.69) is 5.32 Å². The second-order valence-corrected chi connectivity index (χ2v) is 6.08. The maximum atomic E-state index is 12.3. The summed E-state index contributed by atoms with van der Waals surface area (Å²) in [6.45, 7) is 0.478. The molecule has 1 amide bonds. The molecule has 96 valence electrons. The van der Waals surface area contributed by atoms with Crippen molar-refractivity contribution in [2.24, 2.45) is 5.73 Å². The second-order valence-electron chi connectivity index (χ2n) is 5.13. The minimum atomic E-state index is -0.136. The number of carbonyl (C=O) groups excluding carboxylic acids is 1. The third-order valence-corrected chi connectivity index (χ3v) is 5.03. The van der Waals surface area contributed by atoms with Gasteiger partial charge in [0.25, 0.3) is 5.91 Å². The van der Waals surface area contributed by atoms with Crippen molar-refractivity contribution in [2.75, 3.05) is 6.54 Å². The van der Waals surface area contributed by atoms with Crippen molar-refractivity contribution in [3.8, 4) is 0 Å². The lowest BCUT2D eigenvalue weighted by atomic mass is 9.77. The number of thiophene rings is 1. The largest absolute Gasteiger partial charge is 0.343 e. The van der Waals surface area contributed by atoms with E-state index in [1.165, 1.54) is 19.3 Å². The van der Waals surface area contributed by atoms with E-state index in [0.29, 0.717) is 6.54 Å². The van der Waals surface area contributed by atoms with E-state index in [4.69, 9.17) is 5.73 Å². The van der Waals surface area contributed by atoms with Gasteiger partial charge in [0.05, 0.1) is 11.1 Å². The molecule has 1 aromatic heterocycles. The van der Waals surface area contributed by atoms with E-state index in [0.717, 1.165) is 28.9 Å². The van der Waals surface area contributed by atoms with Crippen molar-refractivity contribution < 1.29 is 4.79 Å². The molecule has 2 heterocycles. The molecule has 3 nitrogen and oxygen atoms in total. The van der Waals surface area contributed by atoms with Crippen LogP contribution in [0.2, 0.25) is 0 Å². The Hall–Kier alpha value is -1.13. The van der Waals surface area contributed by atoms with Gasteiger partial charge >= 0.3 is 0 Å². The van der Waals surface area contributed by atoms with Gasteiger partial charge in [0, 0.05) is 11.4 Å². The first-order chi connectivity index (χ1) is 8.77.